The number of nitrogens with zero attached hydrogens (tertiary/aromatic N) is 2. The van der Waals surface area contributed by atoms with Crippen molar-refractivity contribution in [3.05, 3.63) is 58.0 Å². The molecule has 0 unspecified atom stereocenters. The van der Waals surface area contributed by atoms with Crippen molar-refractivity contribution in [2.45, 2.75) is 32.9 Å². The highest BCUT2D eigenvalue weighted by Crippen LogP contribution is 2.20. The van der Waals surface area contributed by atoms with Gasteiger partial charge in [-0.25, -0.2) is 9.38 Å². The summed E-state index contributed by atoms with van der Waals surface area (Å²) in [5.74, 6) is 1.31. The van der Waals surface area contributed by atoms with Gasteiger partial charge in [-0.05, 0) is 67.9 Å². The van der Waals surface area contributed by atoms with Gasteiger partial charge >= 0.3 is 0 Å². The maximum Gasteiger partial charge on any atom is 0.191 e. The minimum absolute atomic E-state index is 0.210. The topological polar surface area (TPSA) is 39.7 Å². The average molecular weight is 389 g/mol. The van der Waals surface area contributed by atoms with E-state index in [1.54, 1.807) is 12.1 Å². The molecular weight excluding hydrogens is 359 g/mol. The van der Waals surface area contributed by atoms with Crippen molar-refractivity contribution in [2.24, 2.45) is 10.9 Å². The van der Waals surface area contributed by atoms with Gasteiger partial charge in [-0.15, -0.1) is 11.3 Å². The van der Waals surface area contributed by atoms with Crippen LogP contribution in [0.2, 0.25) is 0 Å². The predicted molar refractivity (Wildman–Crippen MR) is 112 cm³/mol. The first-order valence-electron chi connectivity index (χ1n) is 9.74. The lowest BCUT2D eigenvalue weighted by Gasteiger charge is -2.32. The van der Waals surface area contributed by atoms with E-state index < -0.39 is 0 Å². The molecule has 1 aliphatic rings. The fraction of sp³-hybridized carbons (Fsp3) is 0.476. The summed E-state index contributed by atoms with van der Waals surface area (Å²) in [5.41, 5.74) is 1.01. The Morgan fingerprint density at radius 1 is 1.19 bits per heavy atom. The van der Waals surface area contributed by atoms with Gasteiger partial charge in [0.1, 0.15) is 5.82 Å². The normalized spacial score (nSPS) is 16.4. The van der Waals surface area contributed by atoms with Crippen LogP contribution in [-0.4, -0.2) is 37.0 Å². The number of hydrogen-bond donors (Lipinski definition) is 2. The molecule has 3 rings (SSSR count). The van der Waals surface area contributed by atoms with Gasteiger partial charge in [-0.1, -0.05) is 18.2 Å². The Bertz CT molecular complexity index is 691. The zero-order valence-electron chi connectivity index (χ0n) is 16.0. The van der Waals surface area contributed by atoms with Crippen molar-refractivity contribution >= 4 is 17.3 Å². The number of benzene rings is 1. The Morgan fingerprint density at radius 3 is 2.63 bits per heavy atom. The van der Waals surface area contributed by atoms with E-state index in [0.29, 0.717) is 12.5 Å². The van der Waals surface area contributed by atoms with Gasteiger partial charge in [0.05, 0.1) is 6.54 Å². The number of halogens is 1. The Hall–Kier alpha value is -1.92. The molecule has 4 nitrogen and oxygen atoms in total. The predicted octanol–water partition coefficient (Wildman–Crippen LogP) is 3.85. The van der Waals surface area contributed by atoms with Crippen LogP contribution in [0.15, 0.2) is 46.8 Å². The van der Waals surface area contributed by atoms with Crippen molar-refractivity contribution < 1.29 is 4.39 Å². The SMILES string of the molecule is CCNC(=NCc1ccc(F)cc1)NCC1CCN(Cc2cccs2)CC1. The Balaban J connectivity index is 1.42. The summed E-state index contributed by atoms with van der Waals surface area (Å²) in [6.07, 6.45) is 2.44. The van der Waals surface area contributed by atoms with Gasteiger partial charge in [0.15, 0.2) is 5.96 Å². The van der Waals surface area contributed by atoms with E-state index in [0.717, 1.165) is 44.2 Å². The summed E-state index contributed by atoms with van der Waals surface area (Å²) in [7, 11) is 0. The van der Waals surface area contributed by atoms with Gasteiger partial charge < -0.3 is 10.6 Å². The maximum absolute atomic E-state index is 13.0. The first kappa shape index (κ1) is 19.8. The van der Waals surface area contributed by atoms with E-state index in [4.69, 9.17) is 0 Å². The molecule has 0 radical (unpaired) electrons. The summed E-state index contributed by atoms with van der Waals surface area (Å²) < 4.78 is 13.0. The smallest absolute Gasteiger partial charge is 0.191 e. The van der Waals surface area contributed by atoms with Crippen LogP contribution in [-0.2, 0) is 13.1 Å². The van der Waals surface area contributed by atoms with Crippen LogP contribution in [0.25, 0.3) is 0 Å². The second kappa shape index (κ2) is 10.4. The molecule has 2 aromatic rings. The molecule has 0 spiro atoms. The van der Waals surface area contributed by atoms with Gasteiger partial charge in [0.2, 0.25) is 0 Å². The van der Waals surface area contributed by atoms with E-state index in [-0.39, 0.29) is 5.82 Å². The number of likely N-dealkylation sites (tertiary alicyclic amines) is 1. The summed E-state index contributed by atoms with van der Waals surface area (Å²) in [6.45, 7) is 7.80. The van der Waals surface area contributed by atoms with Crippen molar-refractivity contribution in [3.8, 4) is 0 Å². The monoisotopic (exact) mass is 388 g/mol. The van der Waals surface area contributed by atoms with E-state index in [2.05, 4.69) is 45.0 Å². The first-order valence-corrected chi connectivity index (χ1v) is 10.6. The molecule has 1 fully saturated rings. The minimum Gasteiger partial charge on any atom is -0.357 e. The summed E-state index contributed by atoms with van der Waals surface area (Å²) >= 11 is 1.84. The second-order valence-corrected chi connectivity index (χ2v) is 8.03. The number of thiophene rings is 1. The molecule has 0 bridgehead atoms. The van der Waals surface area contributed by atoms with Crippen LogP contribution >= 0.6 is 11.3 Å². The lowest BCUT2D eigenvalue weighted by atomic mass is 9.97. The standard InChI is InChI=1S/C21H29FN4S/c1-2-23-21(24-14-17-5-7-19(22)8-6-17)25-15-18-9-11-26(12-10-18)16-20-4-3-13-27-20/h3-8,13,18H,2,9-12,14-16H2,1H3,(H2,23,24,25). The molecule has 0 saturated carbocycles. The molecule has 2 heterocycles. The number of piperidine rings is 1. The molecule has 27 heavy (non-hydrogen) atoms. The van der Waals surface area contributed by atoms with Crippen molar-refractivity contribution in [2.75, 3.05) is 26.2 Å². The fourth-order valence-corrected chi connectivity index (χ4v) is 4.06. The Morgan fingerprint density at radius 2 is 1.96 bits per heavy atom. The zero-order chi connectivity index (χ0) is 18.9. The summed E-state index contributed by atoms with van der Waals surface area (Å²) in [5, 5.41) is 8.93. The number of rotatable bonds is 7. The van der Waals surface area contributed by atoms with E-state index in [9.17, 15) is 4.39 Å². The van der Waals surface area contributed by atoms with Crippen LogP contribution in [0.3, 0.4) is 0 Å². The lowest BCUT2D eigenvalue weighted by Crippen LogP contribution is -2.42. The molecule has 2 N–H and O–H groups in total. The molecule has 146 valence electrons. The average Bonchev–Trinajstić information content (AvgIpc) is 3.19. The maximum atomic E-state index is 13.0. The highest BCUT2D eigenvalue weighted by molar-refractivity contribution is 7.09. The van der Waals surface area contributed by atoms with Crippen molar-refractivity contribution in [1.82, 2.24) is 15.5 Å². The third kappa shape index (κ3) is 6.63. The number of aliphatic imine (C=N–C) groups is 1. The number of hydrogen-bond acceptors (Lipinski definition) is 3. The summed E-state index contributed by atoms with van der Waals surface area (Å²) in [6, 6.07) is 10.9. The molecule has 0 atom stereocenters. The van der Waals surface area contributed by atoms with Crippen molar-refractivity contribution in [1.29, 1.82) is 0 Å². The van der Waals surface area contributed by atoms with Gasteiger partial charge in [-0.2, -0.15) is 0 Å². The fourth-order valence-electron chi connectivity index (χ4n) is 3.31. The molecular formula is C21H29FN4S. The van der Waals surface area contributed by atoms with Gasteiger partial charge in [0, 0.05) is 24.5 Å². The van der Waals surface area contributed by atoms with E-state index in [1.807, 2.05) is 11.3 Å². The molecule has 1 saturated heterocycles. The highest BCUT2D eigenvalue weighted by Gasteiger charge is 2.19. The van der Waals surface area contributed by atoms with Crippen LogP contribution in [0.4, 0.5) is 4.39 Å². The molecule has 0 amide bonds. The first-order chi connectivity index (χ1) is 13.2. The molecule has 6 heteroatoms. The zero-order valence-corrected chi connectivity index (χ0v) is 16.8. The molecule has 0 aliphatic carbocycles. The lowest BCUT2D eigenvalue weighted by molar-refractivity contribution is 0.179. The third-order valence-electron chi connectivity index (χ3n) is 4.90. The largest absolute Gasteiger partial charge is 0.357 e. The summed E-state index contributed by atoms with van der Waals surface area (Å²) in [4.78, 5) is 8.63. The third-order valence-corrected chi connectivity index (χ3v) is 5.76. The van der Waals surface area contributed by atoms with E-state index >= 15 is 0 Å². The Labute approximate surface area is 165 Å². The number of nitrogens with one attached hydrogen (secondary N) is 2. The van der Waals surface area contributed by atoms with E-state index in [1.165, 1.54) is 29.9 Å². The van der Waals surface area contributed by atoms with Crippen LogP contribution in [0.5, 0.6) is 0 Å². The quantitative estimate of drug-likeness (QED) is 0.559. The molecule has 1 aromatic carbocycles. The van der Waals surface area contributed by atoms with Gasteiger partial charge in [-0.3, -0.25) is 4.90 Å². The Kier molecular flexibility index (Phi) is 7.66. The second-order valence-electron chi connectivity index (χ2n) is 7.00. The van der Waals surface area contributed by atoms with Crippen LogP contribution in [0, 0.1) is 11.7 Å². The molecule has 1 aliphatic heterocycles. The van der Waals surface area contributed by atoms with Crippen LogP contribution < -0.4 is 10.6 Å². The minimum atomic E-state index is -0.210. The van der Waals surface area contributed by atoms with Gasteiger partial charge in [0.25, 0.3) is 0 Å². The highest BCUT2D eigenvalue weighted by atomic mass is 32.1. The number of guanidine groups is 1. The van der Waals surface area contributed by atoms with Crippen molar-refractivity contribution in [3.63, 3.8) is 0 Å². The molecule has 1 aromatic heterocycles. The van der Waals surface area contributed by atoms with Crippen LogP contribution in [0.1, 0.15) is 30.2 Å².